The summed E-state index contributed by atoms with van der Waals surface area (Å²) in [6.45, 7) is 0.316. The SMILES string of the molecule is COc1ccc2ccc(N3C(=O)c4ccccc4C3OCc3cccnc3)nc2n1. The Morgan fingerprint density at radius 2 is 1.87 bits per heavy atom. The molecule has 1 aromatic carbocycles. The van der Waals surface area contributed by atoms with Crippen molar-refractivity contribution in [2.75, 3.05) is 12.0 Å². The van der Waals surface area contributed by atoms with Crippen LogP contribution in [0.4, 0.5) is 5.82 Å². The molecule has 7 heteroatoms. The molecule has 7 nitrogen and oxygen atoms in total. The van der Waals surface area contributed by atoms with E-state index in [0.29, 0.717) is 29.5 Å². The summed E-state index contributed by atoms with van der Waals surface area (Å²) in [5, 5.41) is 0.858. The number of nitrogens with zero attached hydrogens (tertiary/aromatic N) is 4. The van der Waals surface area contributed by atoms with Crippen molar-refractivity contribution in [3.63, 3.8) is 0 Å². The van der Waals surface area contributed by atoms with Crippen molar-refractivity contribution in [3.8, 4) is 5.88 Å². The van der Waals surface area contributed by atoms with Crippen LogP contribution in [0.5, 0.6) is 5.88 Å². The molecular formula is C23H18N4O3. The van der Waals surface area contributed by atoms with Gasteiger partial charge in [-0.2, -0.15) is 4.98 Å². The summed E-state index contributed by atoms with van der Waals surface area (Å²) < 4.78 is 11.4. The van der Waals surface area contributed by atoms with Gasteiger partial charge in [-0.15, -0.1) is 0 Å². The number of aromatic nitrogens is 3. The fourth-order valence-electron chi connectivity index (χ4n) is 3.55. The number of rotatable bonds is 5. The topological polar surface area (TPSA) is 77.4 Å². The average Bonchev–Trinajstić information content (AvgIpc) is 3.09. The maximum atomic E-state index is 13.2. The molecular weight excluding hydrogens is 380 g/mol. The van der Waals surface area contributed by atoms with Crippen molar-refractivity contribution in [1.82, 2.24) is 15.0 Å². The van der Waals surface area contributed by atoms with Gasteiger partial charge in [0.2, 0.25) is 5.88 Å². The number of pyridine rings is 3. The maximum absolute atomic E-state index is 13.2. The number of benzene rings is 1. The maximum Gasteiger partial charge on any atom is 0.262 e. The Hall–Kier alpha value is -3.84. The van der Waals surface area contributed by atoms with Crippen LogP contribution in [0.25, 0.3) is 11.0 Å². The molecule has 1 unspecified atom stereocenters. The van der Waals surface area contributed by atoms with E-state index in [1.807, 2.05) is 42.5 Å². The minimum atomic E-state index is -0.593. The van der Waals surface area contributed by atoms with Crippen molar-refractivity contribution in [1.29, 1.82) is 0 Å². The molecule has 0 fully saturated rings. The van der Waals surface area contributed by atoms with E-state index in [0.717, 1.165) is 16.5 Å². The van der Waals surface area contributed by atoms with Gasteiger partial charge < -0.3 is 9.47 Å². The highest BCUT2D eigenvalue weighted by atomic mass is 16.5. The molecule has 3 aromatic heterocycles. The predicted molar refractivity (Wildman–Crippen MR) is 111 cm³/mol. The molecule has 4 aromatic rings. The summed E-state index contributed by atoms with van der Waals surface area (Å²) >= 11 is 0. The molecule has 1 aliphatic rings. The first-order chi connectivity index (χ1) is 14.7. The fraction of sp³-hybridized carbons (Fsp3) is 0.130. The van der Waals surface area contributed by atoms with Crippen LogP contribution < -0.4 is 9.64 Å². The second-order valence-electron chi connectivity index (χ2n) is 6.86. The lowest BCUT2D eigenvalue weighted by Crippen LogP contribution is -2.30. The molecule has 0 N–H and O–H groups in total. The van der Waals surface area contributed by atoms with Gasteiger partial charge in [-0.25, -0.2) is 4.98 Å². The number of methoxy groups -OCH3 is 1. The summed E-state index contributed by atoms with van der Waals surface area (Å²) in [4.78, 5) is 27.9. The van der Waals surface area contributed by atoms with Gasteiger partial charge in [0.25, 0.3) is 5.91 Å². The average molecular weight is 398 g/mol. The Morgan fingerprint density at radius 1 is 1.00 bits per heavy atom. The van der Waals surface area contributed by atoms with E-state index < -0.39 is 6.23 Å². The zero-order chi connectivity index (χ0) is 20.5. The monoisotopic (exact) mass is 398 g/mol. The Labute approximate surface area is 172 Å². The van der Waals surface area contributed by atoms with Crippen LogP contribution in [-0.4, -0.2) is 28.0 Å². The highest BCUT2D eigenvalue weighted by Gasteiger charge is 2.39. The van der Waals surface area contributed by atoms with E-state index in [-0.39, 0.29) is 5.91 Å². The van der Waals surface area contributed by atoms with Crippen LogP contribution in [0, 0.1) is 0 Å². The minimum absolute atomic E-state index is 0.156. The predicted octanol–water partition coefficient (Wildman–Crippen LogP) is 3.91. The summed E-state index contributed by atoms with van der Waals surface area (Å²) in [6.07, 6.45) is 2.87. The number of carbonyl (C=O) groups excluding carboxylic acids is 1. The summed E-state index contributed by atoms with van der Waals surface area (Å²) in [6, 6.07) is 18.6. The number of ether oxygens (including phenoxy) is 2. The molecule has 1 amide bonds. The van der Waals surface area contributed by atoms with Crippen molar-refractivity contribution >= 4 is 22.8 Å². The Balaban J connectivity index is 1.54. The standard InChI is InChI=1S/C23H18N4O3/c1-29-20-11-9-16-8-10-19(25-21(16)26-20)27-22(28)17-6-2-3-7-18(17)23(27)30-14-15-5-4-12-24-13-15/h2-13,23H,14H2,1H3. The van der Waals surface area contributed by atoms with E-state index in [1.165, 1.54) is 0 Å². The highest BCUT2D eigenvalue weighted by Crippen LogP contribution is 2.38. The Kier molecular flexibility index (Phi) is 4.57. The molecule has 0 spiro atoms. The van der Waals surface area contributed by atoms with Gasteiger partial charge in [0, 0.05) is 35.0 Å². The first kappa shape index (κ1) is 18.2. The molecule has 1 aliphatic heterocycles. The van der Waals surface area contributed by atoms with Crippen LogP contribution in [0.15, 0.2) is 73.1 Å². The number of hydrogen-bond acceptors (Lipinski definition) is 6. The molecule has 1 atom stereocenters. The van der Waals surface area contributed by atoms with Gasteiger partial charge in [-0.1, -0.05) is 24.3 Å². The Morgan fingerprint density at radius 3 is 2.70 bits per heavy atom. The van der Waals surface area contributed by atoms with Crippen molar-refractivity contribution in [2.24, 2.45) is 0 Å². The summed E-state index contributed by atoms with van der Waals surface area (Å²) in [5.74, 6) is 0.782. The molecule has 0 radical (unpaired) electrons. The van der Waals surface area contributed by atoms with Crippen LogP contribution in [0.1, 0.15) is 27.7 Å². The number of anilines is 1. The molecule has 0 bridgehead atoms. The molecule has 0 saturated heterocycles. The third-order valence-corrected chi connectivity index (χ3v) is 5.01. The normalized spacial score (nSPS) is 15.4. The largest absolute Gasteiger partial charge is 0.481 e. The third kappa shape index (κ3) is 3.15. The van der Waals surface area contributed by atoms with Crippen LogP contribution in [-0.2, 0) is 11.3 Å². The van der Waals surface area contributed by atoms with Crippen LogP contribution in [0.3, 0.4) is 0 Å². The Bertz CT molecular complexity index is 1230. The minimum Gasteiger partial charge on any atom is -0.481 e. The first-order valence-electron chi connectivity index (χ1n) is 9.49. The van der Waals surface area contributed by atoms with Crippen LogP contribution >= 0.6 is 0 Å². The number of amides is 1. The van der Waals surface area contributed by atoms with E-state index in [9.17, 15) is 4.79 Å². The van der Waals surface area contributed by atoms with Gasteiger partial charge in [0.05, 0.1) is 13.7 Å². The second-order valence-corrected chi connectivity index (χ2v) is 6.86. The molecule has 0 saturated carbocycles. The molecule has 30 heavy (non-hydrogen) atoms. The highest BCUT2D eigenvalue weighted by molar-refractivity contribution is 6.10. The van der Waals surface area contributed by atoms with Gasteiger partial charge in [-0.3, -0.25) is 14.7 Å². The first-order valence-corrected chi connectivity index (χ1v) is 9.49. The molecule has 4 heterocycles. The lowest BCUT2D eigenvalue weighted by molar-refractivity contribution is 0.0405. The third-order valence-electron chi connectivity index (χ3n) is 5.01. The fourth-order valence-corrected chi connectivity index (χ4v) is 3.55. The molecule has 5 rings (SSSR count). The van der Waals surface area contributed by atoms with E-state index in [4.69, 9.17) is 9.47 Å². The van der Waals surface area contributed by atoms with Crippen molar-refractivity contribution in [3.05, 3.63) is 89.7 Å². The van der Waals surface area contributed by atoms with E-state index >= 15 is 0 Å². The zero-order valence-corrected chi connectivity index (χ0v) is 16.2. The van der Waals surface area contributed by atoms with Gasteiger partial charge >= 0.3 is 0 Å². The zero-order valence-electron chi connectivity index (χ0n) is 16.2. The van der Waals surface area contributed by atoms with Crippen molar-refractivity contribution in [2.45, 2.75) is 12.8 Å². The quantitative estimate of drug-likeness (QED) is 0.507. The van der Waals surface area contributed by atoms with Gasteiger partial charge in [-0.05, 0) is 35.9 Å². The van der Waals surface area contributed by atoms with Crippen molar-refractivity contribution < 1.29 is 14.3 Å². The summed E-state index contributed by atoms with van der Waals surface area (Å²) in [5.41, 5.74) is 2.84. The van der Waals surface area contributed by atoms with Gasteiger partial charge in [0.15, 0.2) is 11.9 Å². The van der Waals surface area contributed by atoms with Gasteiger partial charge in [0.1, 0.15) is 5.82 Å². The lowest BCUT2D eigenvalue weighted by atomic mass is 10.1. The number of hydrogen-bond donors (Lipinski definition) is 0. The lowest BCUT2D eigenvalue weighted by Gasteiger charge is -2.24. The molecule has 148 valence electrons. The van der Waals surface area contributed by atoms with E-state index in [1.54, 1.807) is 42.6 Å². The molecule has 0 aliphatic carbocycles. The van der Waals surface area contributed by atoms with E-state index in [2.05, 4.69) is 15.0 Å². The second kappa shape index (κ2) is 7.53. The van der Waals surface area contributed by atoms with Crippen LogP contribution in [0.2, 0.25) is 0 Å². The smallest absolute Gasteiger partial charge is 0.262 e. The number of carbonyl (C=O) groups is 1. The summed E-state index contributed by atoms with van der Waals surface area (Å²) in [7, 11) is 1.56. The number of fused-ring (bicyclic) bond motifs is 2.